The van der Waals surface area contributed by atoms with E-state index in [-0.39, 0.29) is 17.2 Å². The van der Waals surface area contributed by atoms with E-state index in [9.17, 15) is 9.59 Å². The van der Waals surface area contributed by atoms with Crippen molar-refractivity contribution in [3.05, 3.63) is 17.8 Å². The first-order valence-corrected chi connectivity index (χ1v) is 5.29. The Morgan fingerprint density at radius 2 is 2.11 bits per heavy atom. The number of carboxylic acid groups (broad SMARTS) is 1. The number of nitrogen functional groups attached to an aromatic ring is 1. The van der Waals surface area contributed by atoms with Gasteiger partial charge in [0.25, 0.3) is 0 Å². The highest BCUT2D eigenvalue weighted by molar-refractivity contribution is 5.94. The number of carboxylic acids is 1. The van der Waals surface area contributed by atoms with Gasteiger partial charge in [0, 0.05) is 14.1 Å². The number of nitrogens with one attached hydrogen (secondary N) is 1. The van der Waals surface area contributed by atoms with Crippen molar-refractivity contribution >= 4 is 23.4 Å². The van der Waals surface area contributed by atoms with Gasteiger partial charge >= 0.3 is 5.97 Å². The van der Waals surface area contributed by atoms with Crippen LogP contribution in [-0.4, -0.2) is 47.0 Å². The van der Waals surface area contributed by atoms with E-state index in [0.29, 0.717) is 5.82 Å². The predicted molar refractivity (Wildman–Crippen MR) is 67.4 cm³/mol. The molecule has 0 bridgehead atoms. The van der Waals surface area contributed by atoms with E-state index in [1.807, 2.05) is 0 Å². The lowest BCUT2D eigenvalue weighted by molar-refractivity contribution is -0.129. The first-order chi connectivity index (χ1) is 8.32. The monoisotopic (exact) mass is 252 g/mol. The van der Waals surface area contributed by atoms with Gasteiger partial charge in [0.2, 0.25) is 5.91 Å². The summed E-state index contributed by atoms with van der Waals surface area (Å²) < 4.78 is 0. The summed E-state index contributed by atoms with van der Waals surface area (Å²) in [7, 11) is 3.28. The van der Waals surface area contributed by atoms with E-state index in [2.05, 4.69) is 10.3 Å². The summed E-state index contributed by atoms with van der Waals surface area (Å²) in [5.41, 5.74) is 5.52. The molecule has 0 radical (unpaired) electrons. The molecule has 0 saturated heterocycles. The fourth-order valence-electron chi connectivity index (χ4n) is 1.40. The van der Waals surface area contributed by atoms with Gasteiger partial charge in [-0.1, -0.05) is 0 Å². The Hall–Kier alpha value is -2.31. The quantitative estimate of drug-likeness (QED) is 0.708. The van der Waals surface area contributed by atoms with E-state index >= 15 is 0 Å². The van der Waals surface area contributed by atoms with Gasteiger partial charge in [-0.25, -0.2) is 9.78 Å². The Morgan fingerprint density at radius 1 is 1.50 bits per heavy atom. The minimum absolute atomic E-state index is 0.0444. The van der Waals surface area contributed by atoms with E-state index in [0.717, 1.165) is 0 Å². The van der Waals surface area contributed by atoms with Crippen LogP contribution in [0, 0.1) is 0 Å². The zero-order chi connectivity index (χ0) is 13.9. The van der Waals surface area contributed by atoms with Crippen molar-refractivity contribution in [1.82, 2.24) is 9.88 Å². The molecule has 7 nitrogen and oxygen atoms in total. The summed E-state index contributed by atoms with van der Waals surface area (Å²) in [6.45, 7) is 1.67. The number of carbonyl (C=O) groups is 2. The molecule has 1 rings (SSSR count). The minimum atomic E-state index is -1.13. The lowest BCUT2D eigenvalue weighted by Gasteiger charge is -2.18. The second-order valence-corrected chi connectivity index (χ2v) is 4.06. The van der Waals surface area contributed by atoms with Crippen LogP contribution in [-0.2, 0) is 4.79 Å². The third-order valence-corrected chi connectivity index (χ3v) is 2.34. The number of hydrogen-bond donors (Lipinski definition) is 3. The third kappa shape index (κ3) is 3.09. The molecule has 1 aromatic heterocycles. The number of aromatic carboxylic acids is 1. The first kappa shape index (κ1) is 13.8. The molecule has 0 fully saturated rings. The molecule has 0 saturated carbocycles. The molecule has 0 aliphatic rings. The van der Waals surface area contributed by atoms with E-state index < -0.39 is 12.0 Å². The van der Waals surface area contributed by atoms with Gasteiger partial charge in [0.15, 0.2) is 0 Å². The van der Waals surface area contributed by atoms with Crippen LogP contribution in [0.3, 0.4) is 0 Å². The van der Waals surface area contributed by atoms with E-state index in [1.54, 1.807) is 21.0 Å². The second kappa shape index (κ2) is 5.35. The molecule has 98 valence electrons. The van der Waals surface area contributed by atoms with Crippen LogP contribution in [0.4, 0.5) is 11.5 Å². The average Bonchev–Trinajstić information content (AvgIpc) is 2.29. The molecule has 1 amide bonds. The van der Waals surface area contributed by atoms with Crippen molar-refractivity contribution in [3.63, 3.8) is 0 Å². The van der Waals surface area contributed by atoms with Crippen molar-refractivity contribution in [2.24, 2.45) is 0 Å². The highest BCUT2D eigenvalue weighted by Gasteiger charge is 2.16. The van der Waals surface area contributed by atoms with Gasteiger partial charge in [-0.15, -0.1) is 0 Å². The fourth-order valence-corrected chi connectivity index (χ4v) is 1.40. The number of nitrogens with zero attached hydrogens (tertiary/aromatic N) is 2. The van der Waals surface area contributed by atoms with Crippen LogP contribution >= 0.6 is 0 Å². The third-order valence-electron chi connectivity index (χ3n) is 2.34. The molecular formula is C11H16N4O3. The molecule has 0 aliphatic carbocycles. The highest BCUT2D eigenvalue weighted by Crippen LogP contribution is 2.15. The van der Waals surface area contributed by atoms with Gasteiger partial charge in [-0.05, 0) is 13.0 Å². The topological polar surface area (TPSA) is 109 Å². The first-order valence-electron chi connectivity index (χ1n) is 5.29. The smallest absolute Gasteiger partial charge is 0.337 e. The van der Waals surface area contributed by atoms with E-state index in [4.69, 9.17) is 10.8 Å². The molecule has 0 spiro atoms. The number of pyridine rings is 1. The summed E-state index contributed by atoms with van der Waals surface area (Å²) >= 11 is 0. The largest absolute Gasteiger partial charge is 0.478 e. The summed E-state index contributed by atoms with van der Waals surface area (Å²) in [6, 6.07) is 0.801. The molecule has 18 heavy (non-hydrogen) atoms. The van der Waals surface area contributed by atoms with Crippen LogP contribution in [0.1, 0.15) is 17.3 Å². The fraction of sp³-hybridized carbons (Fsp3) is 0.364. The summed E-state index contributed by atoms with van der Waals surface area (Å²) in [4.78, 5) is 27.9. The maximum absolute atomic E-state index is 11.6. The average molecular weight is 252 g/mol. The summed E-state index contributed by atoms with van der Waals surface area (Å²) in [5.74, 6) is -0.973. The Morgan fingerprint density at radius 3 is 2.61 bits per heavy atom. The van der Waals surface area contributed by atoms with Crippen LogP contribution in [0.2, 0.25) is 0 Å². The lowest BCUT2D eigenvalue weighted by Crippen LogP contribution is -2.36. The molecule has 1 heterocycles. The molecule has 1 atom stereocenters. The number of amides is 1. The Labute approximate surface area is 105 Å². The maximum Gasteiger partial charge on any atom is 0.337 e. The van der Waals surface area contributed by atoms with Crippen molar-refractivity contribution in [2.75, 3.05) is 25.1 Å². The van der Waals surface area contributed by atoms with Gasteiger partial charge < -0.3 is 21.1 Å². The number of likely N-dealkylation sites (N-methyl/N-ethyl adjacent to an activating group) is 1. The van der Waals surface area contributed by atoms with Crippen LogP contribution in [0.25, 0.3) is 0 Å². The zero-order valence-electron chi connectivity index (χ0n) is 10.5. The Bertz CT molecular complexity index is 473. The van der Waals surface area contributed by atoms with Crippen LogP contribution in [0.5, 0.6) is 0 Å². The zero-order valence-corrected chi connectivity index (χ0v) is 10.5. The molecule has 4 N–H and O–H groups in total. The Kier molecular flexibility index (Phi) is 4.09. The Balaban J connectivity index is 2.89. The van der Waals surface area contributed by atoms with Gasteiger partial charge in [0.05, 0.1) is 17.4 Å². The molecule has 1 unspecified atom stereocenters. The molecular weight excluding hydrogens is 236 g/mol. The van der Waals surface area contributed by atoms with Gasteiger partial charge in [-0.2, -0.15) is 0 Å². The normalized spacial score (nSPS) is 11.7. The van der Waals surface area contributed by atoms with E-state index in [1.165, 1.54) is 17.2 Å². The van der Waals surface area contributed by atoms with Crippen molar-refractivity contribution in [3.8, 4) is 0 Å². The second-order valence-electron chi connectivity index (χ2n) is 4.06. The number of aromatic nitrogens is 1. The van der Waals surface area contributed by atoms with Crippen molar-refractivity contribution < 1.29 is 14.7 Å². The number of carbonyl (C=O) groups excluding carboxylic acids is 1. The van der Waals surface area contributed by atoms with Crippen molar-refractivity contribution in [1.29, 1.82) is 0 Å². The SMILES string of the molecule is CC(Nc1cc(C(=O)O)c(N)cn1)C(=O)N(C)C. The standard InChI is InChI=1S/C11H16N4O3/c1-6(10(16)15(2)3)14-9-4-7(11(17)18)8(12)5-13-9/h4-6H,12H2,1-3H3,(H,13,14)(H,17,18). The lowest BCUT2D eigenvalue weighted by atomic mass is 10.2. The van der Waals surface area contributed by atoms with Gasteiger partial charge in [-0.3, -0.25) is 4.79 Å². The van der Waals surface area contributed by atoms with Gasteiger partial charge in [0.1, 0.15) is 11.9 Å². The van der Waals surface area contributed by atoms with Crippen LogP contribution in [0.15, 0.2) is 12.3 Å². The number of nitrogens with two attached hydrogens (primary N) is 1. The highest BCUT2D eigenvalue weighted by atomic mass is 16.4. The number of anilines is 2. The molecule has 0 aromatic carbocycles. The molecule has 1 aromatic rings. The summed E-state index contributed by atoms with van der Waals surface area (Å²) in [6.07, 6.45) is 1.25. The minimum Gasteiger partial charge on any atom is -0.478 e. The number of rotatable bonds is 4. The molecule has 7 heteroatoms. The summed E-state index contributed by atoms with van der Waals surface area (Å²) in [5, 5.41) is 11.7. The van der Waals surface area contributed by atoms with Crippen molar-refractivity contribution in [2.45, 2.75) is 13.0 Å². The molecule has 0 aliphatic heterocycles. The van der Waals surface area contributed by atoms with Crippen LogP contribution < -0.4 is 11.1 Å². The number of hydrogen-bond acceptors (Lipinski definition) is 5. The predicted octanol–water partition coefficient (Wildman–Crippen LogP) is 0.251. The maximum atomic E-state index is 11.6.